The first-order chi connectivity index (χ1) is 12.2. The van der Waals surface area contributed by atoms with E-state index in [4.69, 9.17) is 21.2 Å². The van der Waals surface area contributed by atoms with Gasteiger partial charge in [-0.25, -0.2) is 13.2 Å². The molecule has 0 aliphatic rings. The molecule has 1 aromatic rings. The molecule has 10 heteroatoms. The zero-order valence-electron chi connectivity index (χ0n) is 15.9. The second kappa shape index (κ2) is 11.2. The summed E-state index contributed by atoms with van der Waals surface area (Å²) in [4.78, 5) is 17.2. The van der Waals surface area contributed by atoms with Crippen molar-refractivity contribution < 1.29 is 14.2 Å². The van der Waals surface area contributed by atoms with Gasteiger partial charge in [-0.15, -0.1) is 11.8 Å². The fraction of sp³-hybridized carbons (Fsp3) is 0.500. The lowest BCUT2D eigenvalue weighted by atomic mass is 10.3. The molecular weight excluding hydrogens is 409 g/mol. The summed E-state index contributed by atoms with van der Waals surface area (Å²) in [6, 6.07) is 9.62. The number of thioether (sulfide) groups is 1. The monoisotopic (exact) mass is 435 g/mol. The maximum Gasteiger partial charge on any atom is 0.447 e. The van der Waals surface area contributed by atoms with E-state index in [-0.39, 0.29) is 6.10 Å². The summed E-state index contributed by atoms with van der Waals surface area (Å²) in [7, 11) is 1.62. The lowest BCUT2D eigenvalue weighted by Crippen LogP contribution is -2.26. The van der Waals surface area contributed by atoms with E-state index in [0.29, 0.717) is 5.04 Å². The predicted octanol–water partition coefficient (Wildman–Crippen LogP) is 5.58. The Morgan fingerprint density at radius 2 is 1.96 bits per heavy atom. The van der Waals surface area contributed by atoms with Crippen LogP contribution in [0.15, 0.2) is 35.5 Å². The number of nitrogens with zero attached hydrogens (tertiary/aromatic N) is 3. The molecule has 1 amide bonds. The van der Waals surface area contributed by atoms with E-state index in [0.717, 1.165) is 23.6 Å². The molecule has 0 saturated carbocycles. The van der Waals surface area contributed by atoms with E-state index < -0.39 is 12.5 Å². The average molecular weight is 436 g/mol. The highest BCUT2D eigenvalue weighted by Gasteiger charge is 2.28. The van der Waals surface area contributed by atoms with E-state index in [9.17, 15) is 4.79 Å². The van der Waals surface area contributed by atoms with Crippen molar-refractivity contribution in [1.29, 1.82) is 0 Å². The predicted molar refractivity (Wildman–Crippen MR) is 118 cm³/mol. The maximum atomic E-state index is 12.2. The zero-order chi connectivity index (χ0) is 19.7. The number of hydrogen-bond acceptors (Lipinski definition) is 7. The van der Waals surface area contributed by atoms with Gasteiger partial charge in [0, 0.05) is 13.7 Å². The molecule has 1 atom stereocenters. The fourth-order valence-corrected chi connectivity index (χ4v) is 6.38. The van der Waals surface area contributed by atoms with Gasteiger partial charge in [-0.1, -0.05) is 30.3 Å². The fourth-order valence-electron chi connectivity index (χ4n) is 1.86. The second-order valence-electron chi connectivity index (χ2n) is 5.55. The normalized spacial score (nSPS) is 14.0. The summed E-state index contributed by atoms with van der Waals surface area (Å²) in [6.45, 7) is 9.58. The van der Waals surface area contributed by atoms with Gasteiger partial charge in [0.25, 0.3) is 0 Å². The van der Waals surface area contributed by atoms with Crippen LogP contribution in [0.4, 0.5) is 10.5 Å². The molecule has 1 rings (SSSR count). The molecule has 0 bridgehead atoms. The van der Waals surface area contributed by atoms with Crippen molar-refractivity contribution in [2.75, 3.05) is 23.5 Å². The molecule has 0 saturated heterocycles. The molecule has 146 valence electrons. The van der Waals surface area contributed by atoms with E-state index >= 15 is 0 Å². The molecular formula is C16H26N3O3PS3. The number of oxime groups is 1. The third-order valence-electron chi connectivity index (χ3n) is 2.78. The van der Waals surface area contributed by atoms with Gasteiger partial charge in [-0.2, -0.15) is 0 Å². The number of anilines is 1. The van der Waals surface area contributed by atoms with Crippen molar-refractivity contribution in [2.45, 2.75) is 33.8 Å². The molecule has 0 aromatic heterocycles. The minimum Gasteiger partial charge on any atom is -0.331 e. The first-order valence-corrected chi connectivity index (χ1v) is 12.9. The van der Waals surface area contributed by atoms with Gasteiger partial charge in [0.15, 0.2) is 6.42 Å². The number of amides is 1. The number of hydrogen-bond donors (Lipinski definition) is 0. The summed E-state index contributed by atoms with van der Waals surface area (Å²) < 4.78 is 9.20. The second-order valence-corrected chi connectivity index (χ2v) is 12.6. The average Bonchev–Trinajstić information content (AvgIpc) is 2.57. The minimum atomic E-state index is -2.38. The number of para-hydroxylation sites is 1. The Labute approximate surface area is 170 Å². The largest absolute Gasteiger partial charge is 0.447 e. The Balaban J connectivity index is 2.94. The van der Waals surface area contributed by atoms with Gasteiger partial charge >= 0.3 is 6.09 Å². The van der Waals surface area contributed by atoms with Crippen LogP contribution in [0.2, 0.25) is 0 Å². The highest BCUT2D eigenvalue weighted by Crippen LogP contribution is 2.55. The van der Waals surface area contributed by atoms with Crippen molar-refractivity contribution in [1.82, 2.24) is 4.31 Å². The number of rotatable bonds is 8. The number of carbonyl (C=O) groups excluding carboxylic acids is 1. The molecule has 1 unspecified atom stereocenters. The van der Waals surface area contributed by atoms with Gasteiger partial charge in [0.05, 0.1) is 23.9 Å². The smallest absolute Gasteiger partial charge is 0.331 e. The third kappa shape index (κ3) is 7.88. The van der Waals surface area contributed by atoms with Crippen molar-refractivity contribution in [2.24, 2.45) is 5.16 Å². The summed E-state index contributed by atoms with van der Waals surface area (Å²) in [5.74, 6) is 0.866. The van der Waals surface area contributed by atoms with Crippen LogP contribution in [0.3, 0.4) is 0 Å². The molecule has 6 nitrogen and oxygen atoms in total. The minimum absolute atomic E-state index is 0.0202. The van der Waals surface area contributed by atoms with Crippen LogP contribution in [0.5, 0.6) is 0 Å². The van der Waals surface area contributed by atoms with Crippen LogP contribution in [0.25, 0.3) is 0 Å². The molecule has 0 fully saturated rings. The summed E-state index contributed by atoms with van der Waals surface area (Å²) in [5.41, 5.74) is 0.866. The zero-order valence-corrected chi connectivity index (χ0v) is 19.3. The van der Waals surface area contributed by atoms with Crippen LogP contribution in [-0.4, -0.2) is 41.0 Å². The summed E-state index contributed by atoms with van der Waals surface area (Å²) in [6.07, 6.45) is -2.98. The molecule has 0 aliphatic carbocycles. The summed E-state index contributed by atoms with van der Waals surface area (Å²) >= 11 is 8.42. The molecule has 0 heterocycles. The van der Waals surface area contributed by atoms with Gasteiger partial charge in [-0.3, -0.25) is 4.84 Å². The van der Waals surface area contributed by atoms with Crippen LogP contribution in [0.1, 0.15) is 27.7 Å². The van der Waals surface area contributed by atoms with Crippen LogP contribution >= 0.6 is 30.3 Å². The molecule has 0 spiro atoms. The Morgan fingerprint density at radius 1 is 1.35 bits per heavy atom. The van der Waals surface area contributed by atoms with E-state index in [1.54, 1.807) is 14.0 Å². The maximum absolute atomic E-state index is 12.2. The number of benzene rings is 1. The highest BCUT2D eigenvalue weighted by molar-refractivity contribution is 8.20. The molecule has 0 radical (unpaired) electrons. The molecule has 26 heavy (non-hydrogen) atoms. The topological polar surface area (TPSA) is 54.4 Å². The van der Waals surface area contributed by atoms with Crippen molar-refractivity contribution in [3.8, 4) is 0 Å². The van der Waals surface area contributed by atoms with Gasteiger partial charge < -0.3 is 4.52 Å². The van der Waals surface area contributed by atoms with Gasteiger partial charge in [0.1, 0.15) is 5.04 Å². The van der Waals surface area contributed by atoms with Gasteiger partial charge in [-0.05, 0) is 50.5 Å². The highest BCUT2D eigenvalue weighted by atomic mass is 32.5. The lowest BCUT2D eigenvalue weighted by molar-refractivity contribution is 0.137. The lowest BCUT2D eigenvalue weighted by Gasteiger charge is -2.35. The number of carbonyl (C=O) groups is 1. The Kier molecular flexibility index (Phi) is 10.0. The van der Waals surface area contributed by atoms with E-state index in [2.05, 4.69) is 5.16 Å². The van der Waals surface area contributed by atoms with E-state index in [1.807, 2.05) is 61.8 Å². The standard InChI is InChI=1S/C16H26N3O3PS3/c1-7-25-14(4)17-21-16(20)18(5)26-19(15-11-9-8-10-12-15)23(6,24)22-13(2)3/h8-13H,7H2,1-6H3. The Hall–Kier alpha value is -0.730. The Morgan fingerprint density at radius 3 is 2.50 bits per heavy atom. The Bertz CT molecular complexity index is 659. The summed E-state index contributed by atoms with van der Waals surface area (Å²) in [5, 5.41) is 4.53. The quantitative estimate of drug-likeness (QED) is 0.132. The van der Waals surface area contributed by atoms with Crippen molar-refractivity contribution in [3.05, 3.63) is 30.3 Å². The van der Waals surface area contributed by atoms with Crippen molar-refractivity contribution >= 4 is 58.9 Å². The SMILES string of the molecule is CCSC(C)=NOC(=O)N(C)SN(c1ccccc1)P(C)(=S)OC(C)C. The molecule has 1 aromatic carbocycles. The molecule has 0 N–H and O–H groups in total. The van der Waals surface area contributed by atoms with E-state index in [1.165, 1.54) is 16.1 Å². The van der Waals surface area contributed by atoms with Crippen molar-refractivity contribution in [3.63, 3.8) is 0 Å². The first kappa shape index (κ1) is 23.3. The third-order valence-corrected chi connectivity index (χ3v) is 8.23. The van der Waals surface area contributed by atoms with Crippen LogP contribution < -0.4 is 4.08 Å². The van der Waals surface area contributed by atoms with Gasteiger partial charge in [0.2, 0.25) is 0 Å². The van der Waals surface area contributed by atoms with Crippen LogP contribution in [0, 0.1) is 0 Å². The molecule has 0 aliphatic heterocycles. The van der Waals surface area contributed by atoms with Crippen LogP contribution in [-0.2, 0) is 21.2 Å². The first-order valence-electron chi connectivity index (χ1n) is 8.09.